The maximum Gasteiger partial charge on any atom is 0.253 e. The van der Waals surface area contributed by atoms with E-state index < -0.39 is 0 Å². The Labute approximate surface area is 141 Å². The van der Waals surface area contributed by atoms with Gasteiger partial charge in [-0.05, 0) is 30.3 Å². The van der Waals surface area contributed by atoms with Crippen LogP contribution in [0.4, 0.5) is 11.6 Å². The molecule has 0 bridgehead atoms. The molecule has 0 amide bonds. The Morgan fingerprint density at radius 1 is 1.09 bits per heavy atom. The molecule has 0 saturated carbocycles. The fourth-order valence-corrected chi connectivity index (χ4v) is 2.66. The van der Waals surface area contributed by atoms with Crippen molar-refractivity contribution in [1.82, 2.24) is 19.6 Å². The van der Waals surface area contributed by atoms with Crippen molar-refractivity contribution >= 4 is 51.6 Å². The summed E-state index contributed by atoms with van der Waals surface area (Å²) in [6.45, 7) is 0. The minimum absolute atomic E-state index is 0.477. The van der Waals surface area contributed by atoms with Gasteiger partial charge in [0.25, 0.3) is 5.78 Å². The number of benzene rings is 2. The molecule has 116 valence electrons. The van der Waals surface area contributed by atoms with Gasteiger partial charge in [-0.2, -0.15) is 4.98 Å². The second-order valence-corrected chi connectivity index (χ2v) is 5.74. The number of rotatable bonds is 3. The van der Waals surface area contributed by atoms with Crippen LogP contribution in [0.1, 0.15) is 0 Å². The first-order valence-electron chi connectivity index (χ1n) is 6.78. The van der Waals surface area contributed by atoms with Crippen molar-refractivity contribution < 1.29 is 4.74 Å². The lowest BCUT2D eigenvalue weighted by Crippen LogP contribution is -1.93. The van der Waals surface area contributed by atoms with Crippen LogP contribution < -0.4 is 10.1 Å². The van der Waals surface area contributed by atoms with Crippen LogP contribution in [0, 0.1) is 0 Å². The van der Waals surface area contributed by atoms with Crippen molar-refractivity contribution in [2.75, 3.05) is 12.4 Å². The third-order valence-electron chi connectivity index (χ3n) is 3.46. The maximum absolute atomic E-state index is 6.01. The van der Waals surface area contributed by atoms with Gasteiger partial charge in [0.2, 0.25) is 5.95 Å². The monoisotopic (exact) mass is 347 g/mol. The quantitative estimate of drug-likeness (QED) is 0.580. The van der Waals surface area contributed by atoms with Gasteiger partial charge in [0.05, 0.1) is 28.2 Å². The van der Waals surface area contributed by atoms with Crippen LogP contribution in [0.15, 0.2) is 36.4 Å². The first-order chi connectivity index (χ1) is 11.1. The van der Waals surface area contributed by atoms with Crippen molar-refractivity contribution in [3.8, 4) is 5.75 Å². The van der Waals surface area contributed by atoms with Gasteiger partial charge >= 0.3 is 0 Å². The van der Waals surface area contributed by atoms with Gasteiger partial charge in [0.1, 0.15) is 5.75 Å². The molecule has 2 heterocycles. The van der Waals surface area contributed by atoms with Crippen molar-refractivity contribution in [2.45, 2.75) is 0 Å². The largest absolute Gasteiger partial charge is 0.497 e. The van der Waals surface area contributed by atoms with E-state index in [0.29, 0.717) is 21.8 Å². The van der Waals surface area contributed by atoms with E-state index >= 15 is 0 Å². The molecule has 0 spiro atoms. The summed E-state index contributed by atoms with van der Waals surface area (Å²) in [5, 5.41) is 7.28. The molecule has 0 radical (unpaired) electrons. The number of H-pyrrole nitrogens is 1. The first kappa shape index (κ1) is 14.2. The smallest absolute Gasteiger partial charge is 0.253 e. The molecular weight excluding hydrogens is 337 g/mol. The third kappa shape index (κ3) is 2.46. The lowest BCUT2D eigenvalue weighted by atomic mass is 10.3. The second-order valence-electron chi connectivity index (χ2n) is 4.93. The summed E-state index contributed by atoms with van der Waals surface area (Å²) >= 11 is 11.9. The Bertz CT molecular complexity index is 1020. The molecule has 4 rings (SSSR count). The molecule has 2 aromatic carbocycles. The Kier molecular flexibility index (Phi) is 3.28. The summed E-state index contributed by atoms with van der Waals surface area (Å²) in [5.41, 5.74) is 2.50. The molecular formula is C15H11Cl2N5O. The molecule has 0 fully saturated rings. The van der Waals surface area contributed by atoms with Gasteiger partial charge in [0.15, 0.2) is 0 Å². The maximum atomic E-state index is 6.01. The van der Waals surface area contributed by atoms with Crippen LogP contribution in [-0.4, -0.2) is 26.7 Å². The predicted molar refractivity (Wildman–Crippen MR) is 91.1 cm³/mol. The summed E-state index contributed by atoms with van der Waals surface area (Å²) in [5.74, 6) is 1.88. The number of nitrogens with zero attached hydrogens (tertiary/aromatic N) is 3. The molecule has 0 aliphatic rings. The van der Waals surface area contributed by atoms with Crippen LogP contribution in [-0.2, 0) is 0 Å². The Morgan fingerprint density at radius 2 is 1.96 bits per heavy atom. The zero-order valence-electron chi connectivity index (χ0n) is 12.0. The van der Waals surface area contributed by atoms with Crippen LogP contribution in [0.25, 0.3) is 16.8 Å². The number of ether oxygens (including phenoxy) is 1. The summed E-state index contributed by atoms with van der Waals surface area (Å²) in [7, 11) is 1.63. The summed E-state index contributed by atoms with van der Waals surface area (Å²) in [6, 6.07) is 10.9. The Morgan fingerprint density at radius 3 is 2.74 bits per heavy atom. The summed E-state index contributed by atoms with van der Waals surface area (Å²) in [6.07, 6.45) is 0. The topological polar surface area (TPSA) is 67.2 Å². The lowest BCUT2D eigenvalue weighted by molar-refractivity contribution is 0.415. The summed E-state index contributed by atoms with van der Waals surface area (Å²) in [4.78, 5) is 8.89. The highest BCUT2D eigenvalue weighted by Gasteiger charge is 2.11. The third-order valence-corrected chi connectivity index (χ3v) is 4.19. The number of imidazole rings is 1. The van der Waals surface area contributed by atoms with E-state index in [4.69, 9.17) is 27.9 Å². The summed E-state index contributed by atoms with van der Waals surface area (Å²) < 4.78 is 7.00. The fraction of sp³-hybridized carbons (Fsp3) is 0.0667. The number of hydrogen-bond donors (Lipinski definition) is 2. The van der Waals surface area contributed by atoms with Gasteiger partial charge in [-0.15, -0.1) is 0 Å². The van der Waals surface area contributed by atoms with Crippen LogP contribution in [0.2, 0.25) is 10.0 Å². The van der Waals surface area contributed by atoms with E-state index in [1.165, 1.54) is 0 Å². The highest BCUT2D eigenvalue weighted by molar-refractivity contribution is 6.42. The number of fused-ring (bicyclic) bond motifs is 3. The molecule has 2 N–H and O–H groups in total. The molecule has 2 aromatic heterocycles. The fourth-order valence-electron chi connectivity index (χ4n) is 2.36. The molecule has 0 aliphatic heterocycles. The van der Waals surface area contributed by atoms with E-state index in [1.54, 1.807) is 23.8 Å². The van der Waals surface area contributed by atoms with Gasteiger partial charge in [-0.1, -0.05) is 23.2 Å². The molecule has 8 heteroatoms. The van der Waals surface area contributed by atoms with Crippen molar-refractivity contribution in [3.63, 3.8) is 0 Å². The van der Waals surface area contributed by atoms with Gasteiger partial charge in [0, 0.05) is 11.8 Å². The van der Waals surface area contributed by atoms with Gasteiger partial charge in [-0.3, -0.25) is 5.10 Å². The van der Waals surface area contributed by atoms with Gasteiger partial charge < -0.3 is 10.1 Å². The Hall–Kier alpha value is -2.44. The number of aromatic amines is 1. The van der Waals surface area contributed by atoms with Crippen LogP contribution >= 0.6 is 23.2 Å². The number of anilines is 2. The predicted octanol–water partition coefficient (Wildman–Crippen LogP) is 4.27. The normalized spacial score (nSPS) is 11.3. The molecule has 0 saturated heterocycles. The number of hydrogen-bond acceptors (Lipinski definition) is 4. The first-order valence-corrected chi connectivity index (χ1v) is 7.54. The van der Waals surface area contributed by atoms with E-state index in [2.05, 4.69) is 20.4 Å². The van der Waals surface area contributed by atoms with Gasteiger partial charge in [-0.25, -0.2) is 9.50 Å². The average molecular weight is 348 g/mol. The van der Waals surface area contributed by atoms with E-state index in [0.717, 1.165) is 22.5 Å². The highest BCUT2D eigenvalue weighted by atomic mass is 35.5. The van der Waals surface area contributed by atoms with E-state index in [9.17, 15) is 0 Å². The van der Waals surface area contributed by atoms with Crippen LogP contribution in [0.5, 0.6) is 5.75 Å². The molecule has 0 unspecified atom stereocenters. The van der Waals surface area contributed by atoms with E-state index in [1.807, 2.05) is 24.3 Å². The molecule has 23 heavy (non-hydrogen) atoms. The molecule has 4 aromatic rings. The molecule has 6 nitrogen and oxygen atoms in total. The minimum Gasteiger partial charge on any atom is -0.497 e. The van der Waals surface area contributed by atoms with Crippen LogP contribution in [0.3, 0.4) is 0 Å². The standard InChI is InChI=1S/C15H11Cl2N5O/c1-23-9-3-5-13-12(7-9)19-15-20-14(21-22(13)15)18-8-2-4-10(16)11(17)6-8/h2-7H,1H3,(H2,18,19,20,21). The number of aromatic nitrogens is 4. The SMILES string of the molecule is COc1ccc2c(c1)nc1nc(Nc3ccc(Cl)c(Cl)c3)[nH]n12. The second kappa shape index (κ2) is 5.33. The van der Waals surface area contributed by atoms with Crippen molar-refractivity contribution in [2.24, 2.45) is 0 Å². The number of methoxy groups -OCH3 is 1. The van der Waals surface area contributed by atoms with Crippen molar-refractivity contribution in [3.05, 3.63) is 46.4 Å². The average Bonchev–Trinajstić information content (AvgIpc) is 3.07. The number of halogens is 2. The zero-order valence-corrected chi connectivity index (χ0v) is 13.5. The highest BCUT2D eigenvalue weighted by Crippen LogP contribution is 2.27. The van der Waals surface area contributed by atoms with Crippen molar-refractivity contribution in [1.29, 1.82) is 0 Å². The minimum atomic E-state index is 0.477. The Balaban J connectivity index is 1.72. The van der Waals surface area contributed by atoms with E-state index in [-0.39, 0.29) is 0 Å². The lowest BCUT2D eigenvalue weighted by Gasteiger charge is -2.03. The zero-order chi connectivity index (χ0) is 16.0. The molecule has 0 atom stereocenters. The molecule has 0 aliphatic carbocycles. The number of nitrogens with one attached hydrogen (secondary N) is 2.